The first-order chi connectivity index (χ1) is 9.61. The minimum atomic E-state index is -1.08. The van der Waals surface area contributed by atoms with Crippen molar-refractivity contribution in [2.75, 3.05) is 25.5 Å². The molecule has 2 rings (SSSR count). The Balaban J connectivity index is 2.17. The van der Waals surface area contributed by atoms with E-state index in [1.165, 1.54) is 19.2 Å². The van der Waals surface area contributed by atoms with Crippen LogP contribution in [0.3, 0.4) is 0 Å². The van der Waals surface area contributed by atoms with Crippen LogP contribution in [0.15, 0.2) is 18.2 Å². The lowest BCUT2D eigenvalue weighted by Gasteiger charge is -2.22. The van der Waals surface area contributed by atoms with Crippen molar-refractivity contribution in [3.63, 3.8) is 0 Å². The van der Waals surface area contributed by atoms with Gasteiger partial charge in [-0.25, -0.2) is 4.79 Å². The minimum absolute atomic E-state index is 0.0583. The van der Waals surface area contributed by atoms with Crippen molar-refractivity contribution in [2.24, 2.45) is 5.92 Å². The molecule has 1 aromatic rings. The fraction of sp³-hybridized carbons (Fsp3) is 0.429. The number of piperidine rings is 1. The fourth-order valence-electron chi connectivity index (χ4n) is 2.25. The molecule has 20 heavy (non-hydrogen) atoms. The minimum Gasteiger partial charge on any atom is -0.497 e. The summed E-state index contributed by atoms with van der Waals surface area (Å²) in [5.74, 6) is -0.860. The normalized spacial score (nSPS) is 18.4. The highest BCUT2D eigenvalue weighted by atomic mass is 16.5. The summed E-state index contributed by atoms with van der Waals surface area (Å²) in [6.07, 6.45) is 1.76. The number of anilines is 1. The van der Waals surface area contributed by atoms with E-state index in [2.05, 4.69) is 10.6 Å². The molecule has 1 heterocycles. The van der Waals surface area contributed by atoms with E-state index in [-0.39, 0.29) is 23.1 Å². The molecular formula is C14H18N2O4. The van der Waals surface area contributed by atoms with E-state index < -0.39 is 5.97 Å². The van der Waals surface area contributed by atoms with Crippen LogP contribution in [0.5, 0.6) is 5.75 Å². The number of rotatable bonds is 4. The molecule has 0 saturated carbocycles. The van der Waals surface area contributed by atoms with E-state index in [4.69, 9.17) is 9.84 Å². The van der Waals surface area contributed by atoms with Gasteiger partial charge < -0.3 is 20.5 Å². The summed E-state index contributed by atoms with van der Waals surface area (Å²) in [6, 6.07) is 4.51. The lowest BCUT2D eigenvalue weighted by Crippen LogP contribution is -2.37. The van der Waals surface area contributed by atoms with Crippen LogP contribution in [-0.2, 0) is 4.79 Å². The number of nitrogens with one attached hydrogen (secondary N) is 2. The van der Waals surface area contributed by atoms with E-state index in [1.54, 1.807) is 6.07 Å². The Hall–Kier alpha value is -2.08. The van der Waals surface area contributed by atoms with Gasteiger partial charge in [0.05, 0.1) is 24.3 Å². The number of hydrogen-bond acceptors (Lipinski definition) is 4. The van der Waals surface area contributed by atoms with E-state index in [0.29, 0.717) is 12.3 Å². The van der Waals surface area contributed by atoms with Crippen molar-refractivity contribution in [1.82, 2.24) is 5.32 Å². The monoisotopic (exact) mass is 278 g/mol. The Kier molecular flexibility index (Phi) is 4.57. The van der Waals surface area contributed by atoms with Crippen LogP contribution in [-0.4, -0.2) is 37.2 Å². The lowest BCUT2D eigenvalue weighted by atomic mass is 9.98. The standard InChI is InChI=1S/C14H18N2O4/c1-20-10-4-5-11(14(18)19)12(7-10)16-13(17)9-3-2-6-15-8-9/h4-5,7,9,15H,2-3,6,8H2,1H3,(H,16,17)(H,18,19)/t9-/m0/s1. The Morgan fingerprint density at radius 2 is 2.25 bits per heavy atom. The summed E-state index contributed by atoms with van der Waals surface area (Å²) >= 11 is 0. The van der Waals surface area contributed by atoms with Crippen molar-refractivity contribution in [3.05, 3.63) is 23.8 Å². The Morgan fingerprint density at radius 3 is 2.85 bits per heavy atom. The van der Waals surface area contributed by atoms with Gasteiger partial charge in [-0.15, -0.1) is 0 Å². The van der Waals surface area contributed by atoms with Crippen LogP contribution >= 0.6 is 0 Å². The zero-order valence-electron chi connectivity index (χ0n) is 11.3. The quantitative estimate of drug-likeness (QED) is 0.773. The molecule has 0 radical (unpaired) electrons. The molecule has 6 heteroatoms. The van der Waals surface area contributed by atoms with Crippen LogP contribution in [0.25, 0.3) is 0 Å². The first kappa shape index (κ1) is 14.3. The molecule has 1 atom stereocenters. The van der Waals surface area contributed by atoms with Crippen molar-refractivity contribution in [1.29, 1.82) is 0 Å². The molecule has 0 aromatic heterocycles. The molecule has 3 N–H and O–H groups in total. The van der Waals surface area contributed by atoms with Crippen molar-refractivity contribution >= 4 is 17.6 Å². The van der Waals surface area contributed by atoms with Gasteiger partial charge in [0, 0.05) is 12.6 Å². The molecule has 0 aliphatic carbocycles. The molecule has 1 amide bonds. The molecule has 0 unspecified atom stereocenters. The summed E-state index contributed by atoms with van der Waals surface area (Å²) in [5.41, 5.74) is 0.329. The molecule has 1 aliphatic rings. The Morgan fingerprint density at radius 1 is 1.45 bits per heavy atom. The third-order valence-electron chi connectivity index (χ3n) is 3.38. The van der Waals surface area contributed by atoms with Crippen LogP contribution in [0.1, 0.15) is 23.2 Å². The number of carbonyl (C=O) groups is 2. The molecule has 1 saturated heterocycles. The van der Waals surface area contributed by atoms with Gasteiger partial charge in [-0.2, -0.15) is 0 Å². The average Bonchev–Trinajstić information content (AvgIpc) is 2.47. The number of ether oxygens (including phenoxy) is 1. The van der Waals surface area contributed by atoms with E-state index in [0.717, 1.165) is 19.4 Å². The number of hydrogen-bond donors (Lipinski definition) is 3. The maximum atomic E-state index is 12.2. The highest BCUT2D eigenvalue weighted by Gasteiger charge is 2.22. The van der Waals surface area contributed by atoms with E-state index in [1.807, 2.05) is 0 Å². The van der Waals surface area contributed by atoms with E-state index >= 15 is 0 Å². The zero-order chi connectivity index (χ0) is 14.5. The molecule has 1 fully saturated rings. The number of carboxylic acid groups (broad SMARTS) is 1. The predicted molar refractivity (Wildman–Crippen MR) is 74.2 cm³/mol. The number of amides is 1. The van der Waals surface area contributed by atoms with Gasteiger partial charge in [0.1, 0.15) is 5.75 Å². The average molecular weight is 278 g/mol. The second-order valence-corrected chi connectivity index (χ2v) is 4.75. The zero-order valence-corrected chi connectivity index (χ0v) is 11.3. The Labute approximate surface area is 117 Å². The number of benzene rings is 1. The lowest BCUT2D eigenvalue weighted by molar-refractivity contribution is -0.120. The van der Waals surface area contributed by atoms with Gasteiger partial charge in [-0.05, 0) is 31.5 Å². The topological polar surface area (TPSA) is 87.7 Å². The van der Waals surface area contributed by atoms with E-state index in [9.17, 15) is 9.59 Å². The summed E-state index contributed by atoms with van der Waals surface area (Å²) in [6.45, 7) is 1.54. The third kappa shape index (κ3) is 3.27. The molecule has 0 bridgehead atoms. The number of carboxylic acids is 1. The van der Waals surface area contributed by atoms with Crippen molar-refractivity contribution < 1.29 is 19.4 Å². The summed E-state index contributed by atoms with van der Waals surface area (Å²) in [5, 5.41) is 15.0. The predicted octanol–water partition coefficient (Wildman–Crippen LogP) is 1.33. The number of carbonyl (C=O) groups excluding carboxylic acids is 1. The van der Waals surface area contributed by atoms with Crippen LogP contribution in [0, 0.1) is 5.92 Å². The maximum Gasteiger partial charge on any atom is 0.337 e. The molecule has 6 nitrogen and oxygen atoms in total. The largest absolute Gasteiger partial charge is 0.497 e. The molecule has 108 valence electrons. The van der Waals surface area contributed by atoms with Crippen LogP contribution in [0.2, 0.25) is 0 Å². The smallest absolute Gasteiger partial charge is 0.337 e. The third-order valence-corrected chi connectivity index (χ3v) is 3.38. The SMILES string of the molecule is COc1ccc(C(=O)O)c(NC(=O)[C@H]2CCCNC2)c1. The number of methoxy groups -OCH3 is 1. The van der Waals surface area contributed by atoms with Crippen molar-refractivity contribution in [2.45, 2.75) is 12.8 Å². The van der Waals surface area contributed by atoms with Gasteiger partial charge in [0.2, 0.25) is 5.91 Å². The highest BCUT2D eigenvalue weighted by molar-refractivity contribution is 6.01. The van der Waals surface area contributed by atoms with Gasteiger partial charge in [-0.1, -0.05) is 0 Å². The second kappa shape index (κ2) is 6.38. The summed E-state index contributed by atoms with van der Waals surface area (Å²) < 4.78 is 5.06. The fourth-order valence-corrected chi connectivity index (χ4v) is 2.25. The summed E-state index contributed by atoms with van der Waals surface area (Å²) in [4.78, 5) is 23.3. The maximum absolute atomic E-state index is 12.2. The molecular weight excluding hydrogens is 260 g/mol. The summed E-state index contributed by atoms with van der Waals surface area (Å²) in [7, 11) is 1.49. The van der Waals surface area contributed by atoms with Gasteiger partial charge in [0.15, 0.2) is 0 Å². The van der Waals surface area contributed by atoms with Crippen LogP contribution in [0.4, 0.5) is 5.69 Å². The first-order valence-corrected chi connectivity index (χ1v) is 6.54. The highest BCUT2D eigenvalue weighted by Crippen LogP contribution is 2.24. The van der Waals surface area contributed by atoms with Gasteiger partial charge in [-0.3, -0.25) is 4.79 Å². The van der Waals surface area contributed by atoms with Gasteiger partial charge >= 0.3 is 5.97 Å². The second-order valence-electron chi connectivity index (χ2n) is 4.75. The molecule has 1 aromatic carbocycles. The van der Waals surface area contributed by atoms with Crippen molar-refractivity contribution in [3.8, 4) is 5.75 Å². The first-order valence-electron chi connectivity index (χ1n) is 6.54. The Bertz CT molecular complexity index is 510. The van der Waals surface area contributed by atoms with Gasteiger partial charge in [0.25, 0.3) is 0 Å². The van der Waals surface area contributed by atoms with Crippen LogP contribution < -0.4 is 15.4 Å². The molecule has 0 spiro atoms. The number of aromatic carboxylic acids is 1. The molecule has 1 aliphatic heterocycles.